The normalized spacial score (nSPS) is 24.3. The van der Waals surface area contributed by atoms with E-state index in [4.69, 9.17) is 10.00 Å². The van der Waals surface area contributed by atoms with Crippen molar-refractivity contribution in [1.29, 1.82) is 5.26 Å². The van der Waals surface area contributed by atoms with Crippen molar-refractivity contribution in [3.8, 4) is 6.07 Å². The molecule has 2 aliphatic rings. The molecular formula is C12H13N3O. The lowest BCUT2D eigenvalue weighted by atomic mass is 10.1. The second-order valence-electron chi connectivity index (χ2n) is 4.42. The summed E-state index contributed by atoms with van der Waals surface area (Å²) < 4.78 is 5.59. The Morgan fingerprint density at radius 3 is 2.81 bits per heavy atom. The molecule has 0 radical (unpaired) electrons. The van der Waals surface area contributed by atoms with Crippen molar-refractivity contribution in [1.82, 2.24) is 9.97 Å². The van der Waals surface area contributed by atoms with Gasteiger partial charge in [0.15, 0.2) is 0 Å². The van der Waals surface area contributed by atoms with E-state index >= 15 is 0 Å². The SMILES string of the molecule is N#Cc1cc(C2CCCO2)nc(C2CC2)n1. The molecule has 1 aliphatic heterocycles. The average molecular weight is 215 g/mol. The minimum Gasteiger partial charge on any atom is -0.372 e. The molecule has 0 amide bonds. The van der Waals surface area contributed by atoms with Gasteiger partial charge in [0.1, 0.15) is 17.6 Å². The maximum Gasteiger partial charge on any atom is 0.144 e. The lowest BCUT2D eigenvalue weighted by Gasteiger charge is -2.10. The third kappa shape index (κ3) is 1.79. The maximum atomic E-state index is 8.95. The standard InChI is InChI=1S/C12H13N3O/c13-7-9-6-10(11-2-1-5-16-11)15-12(14-9)8-3-4-8/h6,8,11H,1-5H2. The molecular weight excluding hydrogens is 202 g/mol. The van der Waals surface area contributed by atoms with Crippen LogP contribution < -0.4 is 0 Å². The number of hydrogen-bond donors (Lipinski definition) is 0. The van der Waals surface area contributed by atoms with Gasteiger partial charge in [-0.25, -0.2) is 9.97 Å². The van der Waals surface area contributed by atoms with Crippen molar-refractivity contribution in [2.75, 3.05) is 6.61 Å². The predicted molar refractivity (Wildman–Crippen MR) is 56.6 cm³/mol. The second kappa shape index (κ2) is 3.84. The number of rotatable bonds is 2. The Hall–Kier alpha value is -1.47. The number of ether oxygens (including phenoxy) is 1. The third-order valence-corrected chi connectivity index (χ3v) is 3.08. The van der Waals surface area contributed by atoms with Crippen molar-refractivity contribution in [3.63, 3.8) is 0 Å². The van der Waals surface area contributed by atoms with E-state index in [9.17, 15) is 0 Å². The summed E-state index contributed by atoms with van der Waals surface area (Å²) in [6.45, 7) is 0.801. The van der Waals surface area contributed by atoms with Gasteiger partial charge in [0.05, 0.1) is 11.8 Å². The van der Waals surface area contributed by atoms with Crippen molar-refractivity contribution >= 4 is 0 Å². The molecule has 1 aromatic heterocycles. The topological polar surface area (TPSA) is 58.8 Å². The fourth-order valence-electron chi connectivity index (χ4n) is 2.04. The number of aromatic nitrogens is 2. The van der Waals surface area contributed by atoms with Crippen LogP contribution in [0, 0.1) is 11.3 Å². The Balaban J connectivity index is 1.96. The Kier molecular flexibility index (Phi) is 2.33. The van der Waals surface area contributed by atoms with E-state index in [1.807, 2.05) is 0 Å². The molecule has 1 atom stereocenters. The molecule has 3 rings (SSSR count). The first-order valence-corrected chi connectivity index (χ1v) is 5.77. The number of nitrogens with zero attached hydrogens (tertiary/aromatic N) is 3. The van der Waals surface area contributed by atoms with Crippen LogP contribution in [-0.4, -0.2) is 16.6 Å². The molecule has 0 N–H and O–H groups in total. The van der Waals surface area contributed by atoms with E-state index in [0.29, 0.717) is 11.6 Å². The number of nitriles is 1. The minimum atomic E-state index is 0.0765. The zero-order valence-corrected chi connectivity index (χ0v) is 9.02. The van der Waals surface area contributed by atoms with Crippen LogP contribution in [0.2, 0.25) is 0 Å². The van der Waals surface area contributed by atoms with Crippen LogP contribution in [0.4, 0.5) is 0 Å². The van der Waals surface area contributed by atoms with Gasteiger partial charge in [0.25, 0.3) is 0 Å². The van der Waals surface area contributed by atoms with E-state index in [0.717, 1.165) is 43.8 Å². The van der Waals surface area contributed by atoms with Gasteiger partial charge in [0, 0.05) is 12.5 Å². The summed E-state index contributed by atoms with van der Waals surface area (Å²) in [4.78, 5) is 8.80. The van der Waals surface area contributed by atoms with Gasteiger partial charge in [0.2, 0.25) is 0 Å². The van der Waals surface area contributed by atoms with Crippen LogP contribution in [0.5, 0.6) is 0 Å². The van der Waals surface area contributed by atoms with Gasteiger partial charge < -0.3 is 4.74 Å². The van der Waals surface area contributed by atoms with Crippen LogP contribution in [0.15, 0.2) is 6.07 Å². The van der Waals surface area contributed by atoms with Crippen molar-refractivity contribution in [3.05, 3.63) is 23.3 Å². The van der Waals surface area contributed by atoms with E-state index in [1.54, 1.807) is 6.07 Å². The molecule has 1 aliphatic carbocycles. The maximum absolute atomic E-state index is 8.95. The third-order valence-electron chi connectivity index (χ3n) is 3.08. The Bertz CT molecular complexity index is 442. The van der Waals surface area contributed by atoms with E-state index in [-0.39, 0.29) is 6.10 Å². The van der Waals surface area contributed by atoms with Gasteiger partial charge in [-0.2, -0.15) is 5.26 Å². The van der Waals surface area contributed by atoms with Gasteiger partial charge in [-0.15, -0.1) is 0 Å². The van der Waals surface area contributed by atoms with E-state index < -0.39 is 0 Å². The molecule has 0 aromatic carbocycles. The first kappa shape index (κ1) is 9.73. The summed E-state index contributed by atoms with van der Waals surface area (Å²) in [7, 11) is 0. The first-order chi connectivity index (χ1) is 7.86. The van der Waals surface area contributed by atoms with Gasteiger partial charge in [-0.3, -0.25) is 0 Å². The molecule has 2 heterocycles. The fraction of sp³-hybridized carbons (Fsp3) is 0.583. The van der Waals surface area contributed by atoms with Crippen molar-refractivity contribution in [2.45, 2.75) is 37.7 Å². The molecule has 0 spiro atoms. The van der Waals surface area contributed by atoms with Gasteiger partial charge >= 0.3 is 0 Å². The van der Waals surface area contributed by atoms with Crippen LogP contribution in [0.3, 0.4) is 0 Å². The minimum absolute atomic E-state index is 0.0765. The smallest absolute Gasteiger partial charge is 0.144 e. The van der Waals surface area contributed by atoms with Crippen LogP contribution >= 0.6 is 0 Å². The van der Waals surface area contributed by atoms with E-state index in [1.165, 1.54) is 0 Å². The first-order valence-electron chi connectivity index (χ1n) is 5.77. The lowest BCUT2D eigenvalue weighted by Crippen LogP contribution is -2.05. The summed E-state index contributed by atoms with van der Waals surface area (Å²) >= 11 is 0. The molecule has 4 nitrogen and oxygen atoms in total. The Labute approximate surface area is 94.3 Å². The highest BCUT2D eigenvalue weighted by molar-refractivity contribution is 5.26. The average Bonchev–Trinajstić information content (AvgIpc) is 3.04. The van der Waals surface area contributed by atoms with Gasteiger partial charge in [-0.05, 0) is 31.7 Å². The van der Waals surface area contributed by atoms with Gasteiger partial charge in [-0.1, -0.05) is 0 Å². The zero-order valence-electron chi connectivity index (χ0n) is 9.02. The summed E-state index contributed by atoms with van der Waals surface area (Å²) in [6, 6.07) is 3.87. The van der Waals surface area contributed by atoms with Crippen LogP contribution in [0.1, 0.15) is 54.9 Å². The fourth-order valence-corrected chi connectivity index (χ4v) is 2.04. The molecule has 16 heavy (non-hydrogen) atoms. The summed E-state index contributed by atoms with van der Waals surface area (Å²) in [5, 5.41) is 8.95. The Morgan fingerprint density at radius 2 is 2.19 bits per heavy atom. The quantitative estimate of drug-likeness (QED) is 0.757. The molecule has 1 aromatic rings. The second-order valence-corrected chi connectivity index (χ2v) is 4.42. The molecule has 82 valence electrons. The molecule has 1 unspecified atom stereocenters. The highest BCUT2D eigenvalue weighted by Gasteiger charge is 2.29. The monoisotopic (exact) mass is 215 g/mol. The lowest BCUT2D eigenvalue weighted by molar-refractivity contribution is 0.108. The molecule has 1 saturated carbocycles. The molecule has 4 heteroatoms. The highest BCUT2D eigenvalue weighted by Crippen LogP contribution is 2.39. The number of hydrogen-bond acceptors (Lipinski definition) is 4. The van der Waals surface area contributed by atoms with Crippen molar-refractivity contribution in [2.24, 2.45) is 0 Å². The highest BCUT2D eigenvalue weighted by atomic mass is 16.5. The summed E-state index contributed by atoms with van der Waals surface area (Å²) in [5.41, 5.74) is 1.37. The molecule has 0 bridgehead atoms. The molecule has 1 saturated heterocycles. The van der Waals surface area contributed by atoms with Crippen molar-refractivity contribution < 1.29 is 4.74 Å². The Morgan fingerprint density at radius 1 is 1.31 bits per heavy atom. The summed E-state index contributed by atoms with van der Waals surface area (Å²) in [5.74, 6) is 1.32. The predicted octanol–water partition coefficient (Wildman–Crippen LogP) is 2.08. The molecule has 2 fully saturated rings. The summed E-state index contributed by atoms with van der Waals surface area (Å²) in [6.07, 6.45) is 4.47. The largest absolute Gasteiger partial charge is 0.372 e. The van der Waals surface area contributed by atoms with Crippen LogP contribution in [0.25, 0.3) is 0 Å². The van der Waals surface area contributed by atoms with Crippen LogP contribution in [-0.2, 0) is 4.74 Å². The van der Waals surface area contributed by atoms with E-state index in [2.05, 4.69) is 16.0 Å². The zero-order chi connectivity index (χ0) is 11.0.